The molecule has 5 heteroatoms. The minimum absolute atomic E-state index is 0.0259. The van der Waals surface area contributed by atoms with Crippen LogP contribution in [0, 0.1) is 0 Å². The van der Waals surface area contributed by atoms with E-state index in [9.17, 15) is 9.59 Å². The Morgan fingerprint density at radius 1 is 1.05 bits per heavy atom. The van der Waals surface area contributed by atoms with E-state index in [1.165, 1.54) is 13.8 Å². The Morgan fingerprint density at radius 2 is 1.74 bits per heavy atom. The van der Waals surface area contributed by atoms with E-state index in [0.29, 0.717) is 6.61 Å². The average molecular weight is 384 g/mol. The summed E-state index contributed by atoms with van der Waals surface area (Å²) in [7, 11) is 0. The van der Waals surface area contributed by atoms with E-state index >= 15 is 0 Å². The molecule has 0 heterocycles. The largest absolute Gasteiger partial charge is 0.466 e. The number of carbonyl (C=O) groups excluding carboxylic acids is 2. The molecule has 0 aliphatic heterocycles. The molecule has 0 unspecified atom stereocenters. The zero-order valence-electron chi connectivity index (χ0n) is 12.1. The summed E-state index contributed by atoms with van der Waals surface area (Å²) in [5, 5.41) is 0. The molecule has 4 nitrogen and oxygen atoms in total. The van der Waals surface area contributed by atoms with Crippen molar-refractivity contribution in [2.24, 2.45) is 0 Å². The van der Waals surface area contributed by atoms with Crippen LogP contribution in [0.15, 0.2) is 0 Å². The standard InChI is InChI=1S/C14H25IO4/c1-4-5-6-9-14(19-12(3)17)13(15)8-7-10-18-11(2)16/h13-14H,4-10H2,1-3H3/t13-,14+/m0/s1. The third-order valence-electron chi connectivity index (χ3n) is 2.74. The van der Waals surface area contributed by atoms with Gasteiger partial charge < -0.3 is 9.47 Å². The summed E-state index contributed by atoms with van der Waals surface area (Å²) in [5.41, 5.74) is 0. The SMILES string of the molecule is CCCCC[C@@H](OC(C)=O)[C@@H](I)CCCOC(C)=O. The van der Waals surface area contributed by atoms with E-state index in [0.717, 1.165) is 38.5 Å². The zero-order valence-corrected chi connectivity index (χ0v) is 14.3. The number of alkyl halides is 1. The highest BCUT2D eigenvalue weighted by Crippen LogP contribution is 2.21. The predicted molar refractivity (Wildman–Crippen MR) is 83.4 cm³/mol. The quantitative estimate of drug-likeness (QED) is 0.250. The number of esters is 2. The van der Waals surface area contributed by atoms with Crippen LogP contribution in [0.4, 0.5) is 0 Å². The van der Waals surface area contributed by atoms with E-state index in [1.807, 2.05) is 0 Å². The van der Waals surface area contributed by atoms with E-state index in [4.69, 9.17) is 9.47 Å². The molecule has 0 aromatic carbocycles. The molecule has 0 saturated carbocycles. The molecule has 0 aliphatic rings. The Kier molecular flexibility index (Phi) is 11.3. The van der Waals surface area contributed by atoms with Crippen LogP contribution < -0.4 is 0 Å². The molecule has 0 aromatic rings. The molecular weight excluding hydrogens is 359 g/mol. The fourth-order valence-electron chi connectivity index (χ4n) is 1.80. The van der Waals surface area contributed by atoms with Crippen LogP contribution >= 0.6 is 22.6 Å². The highest BCUT2D eigenvalue weighted by atomic mass is 127. The number of carbonyl (C=O) groups is 2. The predicted octanol–water partition coefficient (Wildman–Crippen LogP) is 3.65. The van der Waals surface area contributed by atoms with Crippen molar-refractivity contribution in [3.63, 3.8) is 0 Å². The number of halogens is 1. The zero-order chi connectivity index (χ0) is 14.7. The van der Waals surface area contributed by atoms with Crippen molar-refractivity contribution in [1.82, 2.24) is 0 Å². The minimum Gasteiger partial charge on any atom is -0.466 e. The molecule has 0 aromatic heterocycles. The van der Waals surface area contributed by atoms with E-state index in [1.54, 1.807) is 0 Å². The lowest BCUT2D eigenvalue weighted by molar-refractivity contribution is -0.146. The van der Waals surface area contributed by atoms with Gasteiger partial charge in [-0.05, 0) is 25.7 Å². The fraction of sp³-hybridized carbons (Fsp3) is 0.857. The lowest BCUT2D eigenvalue weighted by Gasteiger charge is -2.22. The molecule has 0 fully saturated rings. The fourth-order valence-corrected chi connectivity index (χ4v) is 2.75. The Labute approximate surface area is 129 Å². The molecule has 0 saturated heterocycles. The molecular formula is C14H25IO4. The van der Waals surface area contributed by atoms with Crippen LogP contribution in [0.1, 0.15) is 59.3 Å². The monoisotopic (exact) mass is 384 g/mol. The van der Waals surface area contributed by atoms with Crippen molar-refractivity contribution in [3.05, 3.63) is 0 Å². The third kappa shape index (κ3) is 11.2. The maximum atomic E-state index is 11.1. The van der Waals surface area contributed by atoms with E-state index in [2.05, 4.69) is 29.5 Å². The molecule has 0 rings (SSSR count). The molecule has 19 heavy (non-hydrogen) atoms. The smallest absolute Gasteiger partial charge is 0.302 e. The second kappa shape index (κ2) is 11.5. The van der Waals surface area contributed by atoms with Gasteiger partial charge in [0.05, 0.1) is 6.61 Å². The van der Waals surface area contributed by atoms with E-state index < -0.39 is 0 Å². The second-order valence-electron chi connectivity index (χ2n) is 4.64. The number of hydrogen-bond donors (Lipinski definition) is 0. The van der Waals surface area contributed by atoms with Crippen LogP contribution in [0.3, 0.4) is 0 Å². The number of rotatable bonds is 10. The summed E-state index contributed by atoms with van der Waals surface area (Å²) in [5.74, 6) is -0.465. The Hall–Kier alpha value is -0.330. The molecule has 0 bridgehead atoms. The number of hydrogen-bond acceptors (Lipinski definition) is 4. The Balaban J connectivity index is 4.02. The summed E-state index contributed by atoms with van der Waals surface area (Å²) in [6.07, 6.45) is 5.98. The summed E-state index contributed by atoms with van der Waals surface area (Å²) >= 11 is 2.33. The van der Waals surface area contributed by atoms with Gasteiger partial charge in [0.2, 0.25) is 0 Å². The van der Waals surface area contributed by atoms with Gasteiger partial charge in [-0.1, -0.05) is 42.4 Å². The van der Waals surface area contributed by atoms with Crippen LogP contribution in [-0.4, -0.2) is 28.6 Å². The minimum atomic E-state index is -0.246. The van der Waals surface area contributed by atoms with Gasteiger partial charge in [-0.15, -0.1) is 0 Å². The van der Waals surface area contributed by atoms with Crippen molar-refractivity contribution < 1.29 is 19.1 Å². The van der Waals surface area contributed by atoms with Gasteiger partial charge in [0.1, 0.15) is 6.10 Å². The summed E-state index contributed by atoms with van der Waals surface area (Å²) in [6.45, 7) is 5.46. The molecule has 0 spiro atoms. The molecule has 112 valence electrons. The van der Waals surface area contributed by atoms with Crippen molar-refractivity contribution in [2.75, 3.05) is 6.61 Å². The van der Waals surface area contributed by atoms with Crippen molar-refractivity contribution in [1.29, 1.82) is 0 Å². The van der Waals surface area contributed by atoms with Gasteiger partial charge in [-0.2, -0.15) is 0 Å². The molecule has 0 aliphatic carbocycles. The highest BCUT2D eigenvalue weighted by Gasteiger charge is 2.21. The average Bonchev–Trinajstić information content (AvgIpc) is 2.32. The van der Waals surface area contributed by atoms with Crippen molar-refractivity contribution >= 4 is 34.5 Å². The Bertz CT molecular complexity index is 268. The lowest BCUT2D eigenvalue weighted by atomic mass is 10.1. The number of unbranched alkanes of at least 4 members (excludes halogenated alkanes) is 2. The second-order valence-corrected chi connectivity index (χ2v) is 6.24. The summed E-state index contributed by atoms with van der Waals surface area (Å²) < 4.78 is 10.6. The maximum absolute atomic E-state index is 11.1. The van der Waals surface area contributed by atoms with Crippen LogP contribution in [0.5, 0.6) is 0 Å². The summed E-state index contributed by atoms with van der Waals surface area (Å²) in [4.78, 5) is 21.8. The maximum Gasteiger partial charge on any atom is 0.302 e. The molecule has 0 N–H and O–H groups in total. The Morgan fingerprint density at radius 3 is 2.26 bits per heavy atom. The first-order valence-electron chi connectivity index (χ1n) is 6.92. The van der Waals surface area contributed by atoms with Gasteiger partial charge >= 0.3 is 11.9 Å². The van der Waals surface area contributed by atoms with Gasteiger partial charge in [0.25, 0.3) is 0 Å². The lowest BCUT2D eigenvalue weighted by Crippen LogP contribution is -2.26. The van der Waals surface area contributed by atoms with Crippen LogP contribution in [0.25, 0.3) is 0 Å². The van der Waals surface area contributed by atoms with Gasteiger partial charge in [-0.25, -0.2) is 0 Å². The third-order valence-corrected chi connectivity index (χ3v) is 4.17. The molecule has 0 amide bonds. The van der Waals surface area contributed by atoms with Gasteiger partial charge in [-0.3, -0.25) is 9.59 Å². The first-order valence-corrected chi connectivity index (χ1v) is 8.16. The topological polar surface area (TPSA) is 52.6 Å². The van der Waals surface area contributed by atoms with Gasteiger partial charge in [0, 0.05) is 17.8 Å². The molecule has 0 radical (unpaired) electrons. The highest BCUT2D eigenvalue weighted by molar-refractivity contribution is 14.1. The molecule has 2 atom stereocenters. The van der Waals surface area contributed by atoms with Crippen molar-refractivity contribution in [2.45, 2.75) is 69.3 Å². The van der Waals surface area contributed by atoms with Crippen LogP contribution in [-0.2, 0) is 19.1 Å². The van der Waals surface area contributed by atoms with Crippen molar-refractivity contribution in [3.8, 4) is 0 Å². The van der Waals surface area contributed by atoms with Crippen LogP contribution in [0.2, 0.25) is 0 Å². The first-order chi connectivity index (χ1) is 8.97. The first kappa shape index (κ1) is 18.7. The van der Waals surface area contributed by atoms with Gasteiger partial charge in [0.15, 0.2) is 0 Å². The number of ether oxygens (including phenoxy) is 2. The summed E-state index contributed by atoms with van der Waals surface area (Å²) in [6, 6.07) is 0. The van der Waals surface area contributed by atoms with E-state index in [-0.39, 0.29) is 22.0 Å². The normalized spacial score (nSPS) is 13.7.